The molecule has 5 nitrogen and oxygen atoms in total. The maximum absolute atomic E-state index is 4.99. The van der Waals surface area contributed by atoms with Gasteiger partial charge in [0.05, 0.1) is 0 Å². The summed E-state index contributed by atoms with van der Waals surface area (Å²) < 4.78 is 0. The summed E-state index contributed by atoms with van der Waals surface area (Å²) in [5, 5.41) is 0. The van der Waals surface area contributed by atoms with Crippen LogP contribution in [-0.4, -0.2) is 52.1 Å². The second-order valence-electron chi connectivity index (χ2n) is 7.50. The molecule has 5 heteroatoms. The molecule has 0 N–H and O–H groups in total. The molecule has 0 amide bonds. The fourth-order valence-corrected chi connectivity index (χ4v) is 4.62. The fourth-order valence-electron chi connectivity index (χ4n) is 4.62. The highest BCUT2D eigenvalue weighted by Crippen LogP contribution is 2.33. The standard InChI is InChI=1S/C20H25N5/c1-2-10-21-18(7-1)19-22-17-8-5-6-16(17)20(23-19)25-13-9-15(14-25)24-11-3-4-12-24/h1-2,7,10,15H,3-6,8-9,11-14H2. The third kappa shape index (κ3) is 2.80. The Labute approximate surface area is 149 Å². The quantitative estimate of drug-likeness (QED) is 0.863. The minimum Gasteiger partial charge on any atom is -0.355 e. The van der Waals surface area contributed by atoms with Crippen LogP contribution in [0.25, 0.3) is 11.5 Å². The van der Waals surface area contributed by atoms with Crippen LogP contribution in [0.3, 0.4) is 0 Å². The van der Waals surface area contributed by atoms with Crippen molar-refractivity contribution in [2.75, 3.05) is 31.1 Å². The van der Waals surface area contributed by atoms with Crippen molar-refractivity contribution >= 4 is 5.82 Å². The van der Waals surface area contributed by atoms with Gasteiger partial charge >= 0.3 is 0 Å². The predicted octanol–water partition coefficient (Wildman–Crippen LogP) is 2.70. The van der Waals surface area contributed by atoms with E-state index in [1.807, 2.05) is 24.4 Å². The molecule has 2 aliphatic heterocycles. The fraction of sp³-hybridized carbons (Fsp3) is 0.550. The molecule has 25 heavy (non-hydrogen) atoms. The van der Waals surface area contributed by atoms with E-state index in [2.05, 4.69) is 14.8 Å². The van der Waals surface area contributed by atoms with Gasteiger partial charge in [-0.25, -0.2) is 9.97 Å². The highest BCUT2D eigenvalue weighted by atomic mass is 15.3. The summed E-state index contributed by atoms with van der Waals surface area (Å²) in [4.78, 5) is 19.5. The van der Waals surface area contributed by atoms with Gasteiger partial charge in [0.1, 0.15) is 11.5 Å². The minimum atomic E-state index is 0.702. The molecule has 0 spiro atoms. The van der Waals surface area contributed by atoms with Gasteiger partial charge in [0.15, 0.2) is 5.82 Å². The lowest BCUT2D eigenvalue weighted by atomic mass is 10.2. The molecule has 5 rings (SSSR count). The van der Waals surface area contributed by atoms with Crippen LogP contribution in [0.4, 0.5) is 5.82 Å². The van der Waals surface area contributed by atoms with Crippen LogP contribution in [0.5, 0.6) is 0 Å². The Morgan fingerprint density at radius 3 is 2.72 bits per heavy atom. The van der Waals surface area contributed by atoms with E-state index in [1.165, 1.54) is 55.8 Å². The Morgan fingerprint density at radius 2 is 1.88 bits per heavy atom. The predicted molar refractivity (Wildman–Crippen MR) is 98.7 cm³/mol. The largest absolute Gasteiger partial charge is 0.355 e. The van der Waals surface area contributed by atoms with E-state index < -0.39 is 0 Å². The average Bonchev–Trinajstić information content (AvgIpc) is 3.41. The van der Waals surface area contributed by atoms with Crippen molar-refractivity contribution in [3.05, 3.63) is 35.7 Å². The van der Waals surface area contributed by atoms with Gasteiger partial charge in [0, 0.05) is 36.6 Å². The van der Waals surface area contributed by atoms with Gasteiger partial charge in [-0.05, 0) is 63.7 Å². The zero-order valence-corrected chi connectivity index (χ0v) is 14.7. The average molecular weight is 335 g/mol. The highest BCUT2D eigenvalue weighted by molar-refractivity contribution is 5.59. The van der Waals surface area contributed by atoms with Gasteiger partial charge in [-0.15, -0.1) is 0 Å². The molecule has 1 unspecified atom stereocenters. The molecule has 2 fully saturated rings. The molecule has 0 bridgehead atoms. The Hall–Kier alpha value is -2.01. The van der Waals surface area contributed by atoms with Crippen molar-refractivity contribution < 1.29 is 0 Å². The first-order valence-electron chi connectivity index (χ1n) is 9.69. The van der Waals surface area contributed by atoms with Crippen LogP contribution in [0.1, 0.15) is 36.9 Å². The number of rotatable bonds is 3. The van der Waals surface area contributed by atoms with Crippen LogP contribution in [0, 0.1) is 0 Å². The van der Waals surface area contributed by atoms with E-state index in [0.29, 0.717) is 6.04 Å². The van der Waals surface area contributed by atoms with E-state index in [9.17, 15) is 0 Å². The Morgan fingerprint density at radius 1 is 0.960 bits per heavy atom. The van der Waals surface area contributed by atoms with Crippen molar-refractivity contribution in [3.63, 3.8) is 0 Å². The number of hydrogen-bond donors (Lipinski definition) is 0. The Bertz CT molecular complexity index is 754. The number of likely N-dealkylation sites (tertiary alicyclic amines) is 1. The number of aryl methyl sites for hydroxylation is 1. The molecule has 1 atom stereocenters. The highest BCUT2D eigenvalue weighted by Gasteiger charge is 2.32. The first kappa shape index (κ1) is 15.3. The van der Waals surface area contributed by atoms with E-state index in [4.69, 9.17) is 9.97 Å². The lowest BCUT2D eigenvalue weighted by Gasteiger charge is -2.25. The van der Waals surface area contributed by atoms with Crippen molar-refractivity contribution in [1.29, 1.82) is 0 Å². The molecule has 0 radical (unpaired) electrons. The lowest BCUT2D eigenvalue weighted by molar-refractivity contribution is 0.260. The van der Waals surface area contributed by atoms with Crippen molar-refractivity contribution in [2.45, 2.75) is 44.6 Å². The number of hydrogen-bond acceptors (Lipinski definition) is 5. The van der Waals surface area contributed by atoms with Crippen molar-refractivity contribution in [1.82, 2.24) is 19.9 Å². The summed E-state index contributed by atoms with van der Waals surface area (Å²) in [6, 6.07) is 6.67. The third-order valence-electron chi connectivity index (χ3n) is 5.93. The number of pyridine rings is 1. The van der Waals surface area contributed by atoms with Crippen molar-refractivity contribution in [2.24, 2.45) is 0 Å². The zero-order valence-electron chi connectivity index (χ0n) is 14.7. The molecule has 130 valence electrons. The number of aromatic nitrogens is 3. The molecule has 2 aromatic rings. The smallest absolute Gasteiger partial charge is 0.180 e. The minimum absolute atomic E-state index is 0.702. The lowest BCUT2D eigenvalue weighted by Crippen LogP contribution is -2.35. The summed E-state index contributed by atoms with van der Waals surface area (Å²) in [7, 11) is 0. The topological polar surface area (TPSA) is 45.2 Å². The summed E-state index contributed by atoms with van der Waals surface area (Å²) in [6.45, 7) is 4.79. The monoisotopic (exact) mass is 335 g/mol. The maximum Gasteiger partial charge on any atom is 0.180 e. The third-order valence-corrected chi connectivity index (χ3v) is 5.93. The van der Waals surface area contributed by atoms with Gasteiger partial charge in [-0.2, -0.15) is 0 Å². The molecule has 2 aromatic heterocycles. The van der Waals surface area contributed by atoms with Crippen LogP contribution in [0.2, 0.25) is 0 Å². The molecule has 1 aliphatic carbocycles. The summed E-state index contributed by atoms with van der Waals surface area (Å²) in [5.41, 5.74) is 3.52. The molecule has 0 saturated carbocycles. The first-order chi connectivity index (χ1) is 12.4. The summed E-state index contributed by atoms with van der Waals surface area (Å²) >= 11 is 0. The van der Waals surface area contributed by atoms with E-state index >= 15 is 0 Å². The number of fused-ring (bicyclic) bond motifs is 1. The maximum atomic E-state index is 4.99. The van der Waals surface area contributed by atoms with Gasteiger partial charge in [-0.1, -0.05) is 6.07 Å². The first-order valence-corrected chi connectivity index (χ1v) is 9.69. The van der Waals surface area contributed by atoms with Crippen LogP contribution >= 0.6 is 0 Å². The second-order valence-corrected chi connectivity index (χ2v) is 7.50. The SMILES string of the molecule is c1ccc(-c2nc3c(c(N4CCC(N5CCCC5)C4)n2)CCC3)nc1. The molecule has 4 heterocycles. The van der Waals surface area contributed by atoms with Crippen LogP contribution in [0.15, 0.2) is 24.4 Å². The Kier molecular flexibility index (Phi) is 3.89. The van der Waals surface area contributed by atoms with Gasteiger partial charge in [-0.3, -0.25) is 9.88 Å². The van der Waals surface area contributed by atoms with E-state index in [-0.39, 0.29) is 0 Å². The molecule has 2 saturated heterocycles. The second kappa shape index (κ2) is 6.37. The van der Waals surface area contributed by atoms with E-state index in [1.54, 1.807) is 0 Å². The molecular formula is C20H25N5. The van der Waals surface area contributed by atoms with Gasteiger partial charge in [0.25, 0.3) is 0 Å². The molecular weight excluding hydrogens is 310 g/mol. The van der Waals surface area contributed by atoms with E-state index in [0.717, 1.165) is 37.4 Å². The molecule has 3 aliphatic rings. The van der Waals surface area contributed by atoms with Crippen molar-refractivity contribution in [3.8, 4) is 11.5 Å². The number of anilines is 1. The normalized spacial score (nSPS) is 23.4. The van der Waals surface area contributed by atoms with Crippen LogP contribution in [-0.2, 0) is 12.8 Å². The Balaban J connectivity index is 1.47. The number of nitrogens with zero attached hydrogens (tertiary/aromatic N) is 5. The summed E-state index contributed by atoms with van der Waals surface area (Å²) in [6.07, 6.45) is 9.22. The van der Waals surface area contributed by atoms with Gasteiger partial charge < -0.3 is 4.90 Å². The summed E-state index contributed by atoms with van der Waals surface area (Å²) in [5.74, 6) is 1.98. The van der Waals surface area contributed by atoms with Gasteiger partial charge in [0.2, 0.25) is 0 Å². The molecule has 0 aromatic carbocycles. The van der Waals surface area contributed by atoms with Crippen LogP contribution < -0.4 is 4.90 Å². The zero-order chi connectivity index (χ0) is 16.6.